The summed E-state index contributed by atoms with van der Waals surface area (Å²) < 4.78 is 0. The minimum Gasteiger partial charge on any atom is -0.478 e. The highest BCUT2D eigenvalue weighted by Crippen LogP contribution is 2.31. The molecule has 6 nitrogen and oxygen atoms in total. The molecule has 0 aliphatic heterocycles. The molecule has 2 aromatic carbocycles. The lowest BCUT2D eigenvalue weighted by molar-refractivity contribution is -0.384. The lowest BCUT2D eigenvalue weighted by Gasteiger charge is -2.11. The predicted molar refractivity (Wildman–Crippen MR) is 79.3 cm³/mol. The second kappa shape index (κ2) is 5.62. The van der Waals surface area contributed by atoms with Crippen molar-refractivity contribution in [3.8, 4) is 0 Å². The molecular weight excluding hydrogens is 272 g/mol. The molecule has 0 fully saturated rings. The van der Waals surface area contributed by atoms with Crippen LogP contribution >= 0.6 is 0 Å². The second-order valence-corrected chi connectivity index (χ2v) is 4.69. The van der Waals surface area contributed by atoms with Gasteiger partial charge in [0.1, 0.15) is 5.69 Å². The molecule has 0 saturated heterocycles. The number of aromatic carboxylic acids is 1. The first-order chi connectivity index (χ1) is 9.90. The van der Waals surface area contributed by atoms with Crippen LogP contribution in [0.1, 0.15) is 21.5 Å². The topological polar surface area (TPSA) is 92.5 Å². The van der Waals surface area contributed by atoms with Crippen molar-refractivity contribution >= 4 is 23.0 Å². The van der Waals surface area contributed by atoms with Gasteiger partial charge in [-0.3, -0.25) is 10.1 Å². The molecule has 0 radical (unpaired) electrons. The van der Waals surface area contributed by atoms with Gasteiger partial charge in [0.05, 0.1) is 10.5 Å². The zero-order valence-electron chi connectivity index (χ0n) is 11.6. The minimum absolute atomic E-state index is 0.0487. The molecule has 6 heteroatoms. The van der Waals surface area contributed by atoms with Crippen LogP contribution in [0.2, 0.25) is 0 Å². The molecule has 0 aromatic heterocycles. The van der Waals surface area contributed by atoms with E-state index in [0.29, 0.717) is 22.5 Å². The number of nitro groups is 1. The zero-order chi connectivity index (χ0) is 15.6. The van der Waals surface area contributed by atoms with E-state index < -0.39 is 10.9 Å². The molecule has 0 bridgehead atoms. The molecule has 108 valence electrons. The highest BCUT2D eigenvalue weighted by atomic mass is 16.6. The Bertz CT molecular complexity index is 726. The van der Waals surface area contributed by atoms with Gasteiger partial charge in [0.25, 0.3) is 5.69 Å². The average Bonchev–Trinajstić information content (AvgIpc) is 2.42. The summed E-state index contributed by atoms with van der Waals surface area (Å²) >= 11 is 0. The lowest BCUT2D eigenvalue weighted by Crippen LogP contribution is -2.03. The number of hydrogen-bond donors (Lipinski definition) is 2. The van der Waals surface area contributed by atoms with E-state index in [1.165, 1.54) is 12.1 Å². The Morgan fingerprint density at radius 3 is 2.52 bits per heavy atom. The fourth-order valence-electron chi connectivity index (χ4n) is 2.04. The standard InChI is InChI=1S/C15H14N2O4/c1-9-6-7-11(8-12(9)15(18)19)16-14-10(2)4-3-5-13(14)17(20)21/h3-8,16H,1-2H3,(H,18,19). The average molecular weight is 286 g/mol. The van der Waals surface area contributed by atoms with E-state index in [2.05, 4.69) is 5.32 Å². The Morgan fingerprint density at radius 1 is 1.19 bits per heavy atom. The Kier molecular flexibility index (Phi) is 3.89. The van der Waals surface area contributed by atoms with Crippen LogP contribution < -0.4 is 5.32 Å². The van der Waals surface area contributed by atoms with Gasteiger partial charge in [-0.05, 0) is 37.1 Å². The fraction of sp³-hybridized carbons (Fsp3) is 0.133. The van der Waals surface area contributed by atoms with Gasteiger partial charge in [-0.15, -0.1) is 0 Å². The Labute approximate surface area is 121 Å². The van der Waals surface area contributed by atoms with Crippen molar-refractivity contribution in [2.75, 3.05) is 5.32 Å². The Balaban J connectivity index is 2.46. The van der Waals surface area contributed by atoms with Crippen molar-refractivity contribution in [2.45, 2.75) is 13.8 Å². The Hall–Kier alpha value is -2.89. The number of nitrogens with one attached hydrogen (secondary N) is 1. The SMILES string of the molecule is Cc1ccc(Nc2c(C)cccc2[N+](=O)[O-])cc1C(=O)O. The summed E-state index contributed by atoms with van der Waals surface area (Å²) in [6, 6.07) is 9.58. The molecule has 0 aliphatic carbocycles. The summed E-state index contributed by atoms with van der Waals surface area (Å²) in [5.74, 6) is -1.03. The maximum absolute atomic E-state index is 11.1. The predicted octanol–water partition coefficient (Wildman–Crippen LogP) is 3.65. The van der Waals surface area contributed by atoms with E-state index >= 15 is 0 Å². The van der Waals surface area contributed by atoms with Gasteiger partial charge in [0.15, 0.2) is 0 Å². The number of nitrogens with zero attached hydrogens (tertiary/aromatic N) is 1. The molecule has 0 spiro atoms. The minimum atomic E-state index is -1.03. The summed E-state index contributed by atoms with van der Waals surface area (Å²) in [5.41, 5.74) is 2.32. The third-order valence-corrected chi connectivity index (χ3v) is 3.18. The highest BCUT2D eigenvalue weighted by Gasteiger charge is 2.16. The van der Waals surface area contributed by atoms with Crippen molar-refractivity contribution < 1.29 is 14.8 Å². The molecule has 0 amide bonds. The number of para-hydroxylation sites is 1. The quantitative estimate of drug-likeness (QED) is 0.661. The number of aryl methyl sites for hydroxylation is 2. The van der Waals surface area contributed by atoms with Crippen molar-refractivity contribution in [1.82, 2.24) is 0 Å². The number of benzene rings is 2. The number of anilines is 2. The Morgan fingerprint density at radius 2 is 1.90 bits per heavy atom. The van der Waals surface area contributed by atoms with Crippen LogP contribution in [-0.4, -0.2) is 16.0 Å². The summed E-state index contributed by atoms with van der Waals surface area (Å²) in [6.07, 6.45) is 0. The van der Waals surface area contributed by atoms with Gasteiger partial charge in [-0.25, -0.2) is 4.79 Å². The number of rotatable bonds is 4. The first-order valence-electron chi connectivity index (χ1n) is 6.25. The van der Waals surface area contributed by atoms with Crippen LogP contribution in [0.4, 0.5) is 17.1 Å². The molecule has 0 saturated carbocycles. The molecule has 0 atom stereocenters. The number of carboxylic acids is 1. The van der Waals surface area contributed by atoms with Crippen LogP contribution in [0.25, 0.3) is 0 Å². The third-order valence-electron chi connectivity index (χ3n) is 3.18. The van der Waals surface area contributed by atoms with Gasteiger partial charge in [0, 0.05) is 11.8 Å². The van der Waals surface area contributed by atoms with E-state index in [-0.39, 0.29) is 11.3 Å². The van der Waals surface area contributed by atoms with Crippen molar-refractivity contribution in [2.24, 2.45) is 0 Å². The second-order valence-electron chi connectivity index (χ2n) is 4.69. The fourth-order valence-corrected chi connectivity index (χ4v) is 2.04. The summed E-state index contributed by atoms with van der Waals surface area (Å²) in [4.78, 5) is 21.7. The van der Waals surface area contributed by atoms with Gasteiger partial charge in [-0.1, -0.05) is 18.2 Å². The smallest absolute Gasteiger partial charge is 0.336 e. The monoisotopic (exact) mass is 286 g/mol. The third kappa shape index (κ3) is 3.00. The molecule has 2 rings (SSSR count). The van der Waals surface area contributed by atoms with Crippen LogP contribution in [-0.2, 0) is 0 Å². The molecule has 0 aliphatic rings. The first-order valence-corrected chi connectivity index (χ1v) is 6.25. The highest BCUT2D eigenvalue weighted by molar-refractivity contribution is 5.91. The number of nitro benzene ring substituents is 1. The van der Waals surface area contributed by atoms with E-state index in [9.17, 15) is 14.9 Å². The summed E-state index contributed by atoms with van der Waals surface area (Å²) in [6.45, 7) is 3.45. The van der Waals surface area contributed by atoms with Crippen LogP contribution in [0.15, 0.2) is 36.4 Å². The van der Waals surface area contributed by atoms with Crippen LogP contribution in [0, 0.1) is 24.0 Å². The van der Waals surface area contributed by atoms with Crippen molar-refractivity contribution in [3.05, 3.63) is 63.2 Å². The van der Waals surface area contributed by atoms with Crippen molar-refractivity contribution in [3.63, 3.8) is 0 Å². The number of carboxylic acid groups (broad SMARTS) is 1. The van der Waals surface area contributed by atoms with Gasteiger partial charge in [-0.2, -0.15) is 0 Å². The summed E-state index contributed by atoms with van der Waals surface area (Å²) in [7, 11) is 0. The zero-order valence-corrected chi connectivity index (χ0v) is 11.6. The molecule has 2 aromatic rings. The van der Waals surface area contributed by atoms with E-state index in [4.69, 9.17) is 5.11 Å². The molecular formula is C15H14N2O4. The van der Waals surface area contributed by atoms with E-state index in [1.54, 1.807) is 38.1 Å². The van der Waals surface area contributed by atoms with Gasteiger partial charge < -0.3 is 10.4 Å². The molecule has 2 N–H and O–H groups in total. The molecule has 0 heterocycles. The maximum atomic E-state index is 11.1. The van der Waals surface area contributed by atoms with Crippen molar-refractivity contribution in [1.29, 1.82) is 0 Å². The molecule has 21 heavy (non-hydrogen) atoms. The number of hydrogen-bond acceptors (Lipinski definition) is 4. The maximum Gasteiger partial charge on any atom is 0.336 e. The molecule has 0 unspecified atom stereocenters. The normalized spacial score (nSPS) is 10.2. The summed E-state index contributed by atoms with van der Waals surface area (Å²) in [5, 5.41) is 23.1. The first kappa shape index (κ1) is 14.5. The van der Waals surface area contributed by atoms with Gasteiger partial charge in [0.2, 0.25) is 0 Å². The lowest BCUT2D eigenvalue weighted by atomic mass is 10.1. The largest absolute Gasteiger partial charge is 0.478 e. The number of carbonyl (C=O) groups is 1. The van der Waals surface area contributed by atoms with E-state index in [1.807, 2.05) is 0 Å². The van der Waals surface area contributed by atoms with Crippen LogP contribution in [0.5, 0.6) is 0 Å². The van der Waals surface area contributed by atoms with Crippen LogP contribution in [0.3, 0.4) is 0 Å². The van der Waals surface area contributed by atoms with Gasteiger partial charge >= 0.3 is 5.97 Å². The van der Waals surface area contributed by atoms with E-state index in [0.717, 1.165) is 0 Å².